The molecule has 0 unspecified atom stereocenters. The van der Waals surface area contributed by atoms with Crippen molar-refractivity contribution in [2.45, 2.75) is 5.92 Å². The van der Waals surface area contributed by atoms with Gasteiger partial charge in [-0.1, -0.05) is 48.5 Å². The van der Waals surface area contributed by atoms with Crippen molar-refractivity contribution in [3.8, 4) is 23.2 Å². The van der Waals surface area contributed by atoms with Gasteiger partial charge in [0.1, 0.15) is 11.6 Å². The molecule has 0 spiro atoms. The van der Waals surface area contributed by atoms with Crippen LogP contribution in [0.4, 0.5) is 5.69 Å². The number of nitrogens with two attached hydrogens (primary N) is 1. The van der Waals surface area contributed by atoms with Crippen molar-refractivity contribution in [1.82, 2.24) is 10.2 Å². The number of nitrogens with one attached hydrogen (secondary N) is 1. The molecule has 0 radical (unpaired) electrons. The fraction of sp³-hybridized carbons (Fsp3) is 0.0526. The Morgan fingerprint density at radius 1 is 1.19 bits per heavy atom. The van der Waals surface area contributed by atoms with Crippen LogP contribution < -0.4 is 10.5 Å². The van der Waals surface area contributed by atoms with E-state index in [1.165, 1.54) is 6.07 Å². The van der Waals surface area contributed by atoms with E-state index in [2.05, 4.69) is 10.2 Å². The van der Waals surface area contributed by atoms with E-state index in [9.17, 15) is 15.4 Å². The lowest BCUT2D eigenvalue weighted by molar-refractivity contribution is -0.385. The van der Waals surface area contributed by atoms with Gasteiger partial charge in [0.15, 0.2) is 0 Å². The molecule has 1 aromatic heterocycles. The molecule has 1 atom stereocenters. The van der Waals surface area contributed by atoms with Gasteiger partial charge in [-0.05, 0) is 5.56 Å². The van der Waals surface area contributed by atoms with Gasteiger partial charge in [-0.15, -0.1) is 5.10 Å². The maximum Gasteiger partial charge on any atom is 0.273 e. The molecule has 0 amide bonds. The number of hydrogen-bond donors (Lipinski definition) is 2. The summed E-state index contributed by atoms with van der Waals surface area (Å²) in [6, 6.07) is 17.7. The maximum absolute atomic E-state index is 11.6. The van der Waals surface area contributed by atoms with E-state index in [1.54, 1.807) is 18.2 Å². The third kappa shape index (κ3) is 2.58. The molecule has 0 saturated carbocycles. The van der Waals surface area contributed by atoms with Gasteiger partial charge in [0.2, 0.25) is 11.8 Å². The monoisotopic (exact) mass is 359 g/mol. The van der Waals surface area contributed by atoms with Crippen molar-refractivity contribution in [3.05, 3.63) is 87.3 Å². The first kappa shape index (κ1) is 16.4. The molecular formula is C19H13N5O3. The van der Waals surface area contributed by atoms with Crippen LogP contribution >= 0.6 is 0 Å². The minimum absolute atomic E-state index is 0.101. The number of H-pyrrole nitrogens is 1. The number of para-hydroxylation sites is 1. The van der Waals surface area contributed by atoms with E-state index in [0.717, 1.165) is 5.56 Å². The number of hydrogen-bond acceptors (Lipinski definition) is 6. The number of benzene rings is 2. The molecule has 0 aliphatic carbocycles. The van der Waals surface area contributed by atoms with Gasteiger partial charge in [0, 0.05) is 11.6 Å². The smallest absolute Gasteiger partial charge is 0.273 e. The summed E-state index contributed by atoms with van der Waals surface area (Å²) in [7, 11) is 0. The van der Waals surface area contributed by atoms with Crippen LogP contribution in [0.15, 0.2) is 66.1 Å². The SMILES string of the molecule is N#CC1=C(N)Oc2n[nH]c(-c3ccccc3)c2[C@@H]1c1ccccc1[N+](=O)[O-]. The number of nitro groups is 1. The lowest BCUT2D eigenvalue weighted by Crippen LogP contribution is -2.21. The van der Waals surface area contributed by atoms with Gasteiger partial charge in [0.25, 0.3) is 5.69 Å². The number of aromatic nitrogens is 2. The molecule has 4 rings (SSSR count). The first-order valence-electron chi connectivity index (χ1n) is 8.06. The Bertz CT molecular complexity index is 1110. The number of nitriles is 1. The first-order valence-corrected chi connectivity index (χ1v) is 8.06. The molecular weight excluding hydrogens is 346 g/mol. The minimum Gasteiger partial charge on any atom is -0.420 e. The first-order chi connectivity index (χ1) is 13.1. The Morgan fingerprint density at radius 2 is 1.89 bits per heavy atom. The molecule has 1 aliphatic rings. The zero-order chi connectivity index (χ0) is 19.0. The molecule has 3 N–H and O–H groups in total. The summed E-state index contributed by atoms with van der Waals surface area (Å²) in [4.78, 5) is 11.1. The summed E-state index contributed by atoms with van der Waals surface area (Å²) >= 11 is 0. The average Bonchev–Trinajstić information content (AvgIpc) is 3.10. The topological polar surface area (TPSA) is 131 Å². The Hall–Kier alpha value is -4.12. The summed E-state index contributed by atoms with van der Waals surface area (Å²) in [6.07, 6.45) is 0. The summed E-state index contributed by atoms with van der Waals surface area (Å²) in [5.41, 5.74) is 8.25. The predicted octanol–water partition coefficient (Wildman–Crippen LogP) is 3.20. The number of fused-ring (bicyclic) bond motifs is 1. The molecule has 0 saturated heterocycles. The van der Waals surface area contributed by atoms with Crippen LogP contribution in [0.1, 0.15) is 17.0 Å². The zero-order valence-electron chi connectivity index (χ0n) is 13.9. The molecule has 3 aromatic rings. The highest BCUT2D eigenvalue weighted by Gasteiger charge is 2.38. The van der Waals surface area contributed by atoms with E-state index in [1.807, 2.05) is 36.4 Å². The summed E-state index contributed by atoms with van der Waals surface area (Å²) < 4.78 is 5.51. The van der Waals surface area contributed by atoms with E-state index >= 15 is 0 Å². The Balaban J connectivity index is 2.01. The lowest BCUT2D eigenvalue weighted by Gasteiger charge is -2.23. The molecule has 2 aromatic carbocycles. The van der Waals surface area contributed by atoms with Crippen molar-refractivity contribution in [2.75, 3.05) is 0 Å². The van der Waals surface area contributed by atoms with Crippen molar-refractivity contribution < 1.29 is 9.66 Å². The number of allylic oxidation sites excluding steroid dienone is 1. The Kier molecular flexibility index (Phi) is 3.82. The van der Waals surface area contributed by atoms with Crippen LogP contribution in [0.3, 0.4) is 0 Å². The molecule has 0 fully saturated rings. The predicted molar refractivity (Wildman–Crippen MR) is 96.4 cm³/mol. The van der Waals surface area contributed by atoms with Gasteiger partial charge in [-0.2, -0.15) is 5.26 Å². The van der Waals surface area contributed by atoms with Crippen molar-refractivity contribution >= 4 is 5.69 Å². The fourth-order valence-corrected chi connectivity index (χ4v) is 3.28. The highest BCUT2D eigenvalue weighted by atomic mass is 16.6. The quantitative estimate of drug-likeness (QED) is 0.545. The zero-order valence-corrected chi connectivity index (χ0v) is 13.9. The molecule has 8 nitrogen and oxygen atoms in total. The van der Waals surface area contributed by atoms with Crippen LogP contribution in [0.25, 0.3) is 11.3 Å². The van der Waals surface area contributed by atoms with Gasteiger partial charge in [0.05, 0.1) is 22.1 Å². The number of nitrogens with zero attached hydrogens (tertiary/aromatic N) is 3. The average molecular weight is 359 g/mol. The second-order valence-corrected chi connectivity index (χ2v) is 5.92. The molecule has 0 bridgehead atoms. The largest absolute Gasteiger partial charge is 0.420 e. The highest BCUT2D eigenvalue weighted by Crippen LogP contribution is 2.47. The van der Waals surface area contributed by atoms with Gasteiger partial charge in [-0.3, -0.25) is 15.2 Å². The maximum atomic E-state index is 11.6. The third-order valence-corrected chi connectivity index (χ3v) is 4.45. The molecule has 1 aliphatic heterocycles. The van der Waals surface area contributed by atoms with Crippen LogP contribution in [-0.2, 0) is 0 Å². The molecule has 27 heavy (non-hydrogen) atoms. The molecule has 2 heterocycles. The Morgan fingerprint density at radius 3 is 2.59 bits per heavy atom. The second kappa shape index (κ2) is 6.31. The van der Waals surface area contributed by atoms with E-state index in [4.69, 9.17) is 10.5 Å². The van der Waals surface area contributed by atoms with E-state index < -0.39 is 10.8 Å². The summed E-state index contributed by atoms with van der Waals surface area (Å²) in [5.74, 6) is -0.679. The number of aromatic amines is 1. The lowest BCUT2D eigenvalue weighted by atomic mass is 9.82. The van der Waals surface area contributed by atoms with Crippen LogP contribution in [-0.4, -0.2) is 15.1 Å². The summed E-state index contributed by atoms with van der Waals surface area (Å²) in [6.45, 7) is 0. The highest BCUT2D eigenvalue weighted by molar-refractivity contribution is 5.72. The number of ether oxygens (including phenoxy) is 1. The molecule has 132 valence electrons. The number of rotatable bonds is 3. The second-order valence-electron chi connectivity index (χ2n) is 5.92. The minimum atomic E-state index is -0.769. The van der Waals surface area contributed by atoms with Crippen molar-refractivity contribution in [3.63, 3.8) is 0 Å². The van der Waals surface area contributed by atoms with Gasteiger partial charge in [-0.25, -0.2) is 0 Å². The standard InChI is InChI=1S/C19H13N5O3/c20-10-13-15(12-8-4-5-9-14(12)24(25)26)16-17(11-6-2-1-3-7-11)22-23-19(16)27-18(13)21/h1-9,15H,21H2,(H,22,23)/t15-/m1/s1. The van der Waals surface area contributed by atoms with Crippen molar-refractivity contribution in [2.24, 2.45) is 5.73 Å². The Labute approximate surface area is 153 Å². The fourth-order valence-electron chi connectivity index (χ4n) is 3.28. The van der Waals surface area contributed by atoms with Crippen LogP contribution in [0.2, 0.25) is 0 Å². The van der Waals surface area contributed by atoms with Gasteiger partial charge < -0.3 is 10.5 Å². The van der Waals surface area contributed by atoms with Crippen LogP contribution in [0.5, 0.6) is 5.88 Å². The van der Waals surface area contributed by atoms with Crippen LogP contribution in [0, 0.1) is 21.4 Å². The third-order valence-electron chi connectivity index (χ3n) is 4.45. The normalized spacial score (nSPS) is 15.6. The summed E-state index contributed by atoms with van der Waals surface area (Å²) in [5, 5.41) is 28.3. The molecule has 8 heteroatoms. The van der Waals surface area contributed by atoms with Gasteiger partial charge >= 0.3 is 0 Å². The van der Waals surface area contributed by atoms with E-state index in [-0.39, 0.29) is 23.0 Å². The van der Waals surface area contributed by atoms with Crippen molar-refractivity contribution in [1.29, 1.82) is 5.26 Å². The number of nitro benzene ring substituents is 1. The van der Waals surface area contributed by atoms with E-state index in [0.29, 0.717) is 16.8 Å².